The van der Waals surface area contributed by atoms with E-state index in [1.807, 2.05) is 47.7 Å². The van der Waals surface area contributed by atoms with Crippen molar-refractivity contribution in [3.63, 3.8) is 0 Å². The van der Waals surface area contributed by atoms with Gasteiger partial charge in [-0.15, -0.1) is 11.3 Å². The monoisotopic (exact) mass is 615 g/mol. The first-order chi connectivity index (χ1) is 23.3. The maximum Gasteiger partial charge on any atom is 0.164 e. The molecule has 2 aromatic heterocycles. The van der Waals surface area contributed by atoms with Crippen LogP contribution in [-0.2, 0) is 0 Å². The van der Waals surface area contributed by atoms with Crippen LogP contribution in [0.25, 0.3) is 97.4 Å². The second kappa shape index (κ2) is 10.3. The average Bonchev–Trinajstić information content (AvgIpc) is 3.55. The van der Waals surface area contributed by atoms with Crippen LogP contribution in [-0.4, -0.2) is 15.0 Å². The molecule has 47 heavy (non-hydrogen) atoms. The fourth-order valence-electron chi connectivity index (χ4n) is 7.18. The standard InChI is InChI=1S/C43H25N3S/c1-3-14-27(15-4-1)41-44-42(28-16-5-2-6-17-28)46-43(45-41)35-25-34-29-18-8-7-13-26(29)23-24-32(34)37-30-19-9-10-20-31(30)38-33-21-11-12-22-36(33)47-40(38)39(35)37/h1-25H. The minimum Gasteiger partial charge on any atom is -0.208 e. The van der Waals surface area contributed by atoms with Gasteiger partial charge in [-0.2, -0.15) is 0 Å². The van der Waals surface area contributed by atoms with Gasteiger partial charge < -0.3 is 0 Å². The summed E-state index contributed by atoms with van der Waals surface area (Å²) < 4.78 is 2.53. The van der Waals surface area contributed by atoms with Crippen molar-refractivity contribution in [2.75, 3.05) is 0 Å². The Morgan fingerprint density at radius 3 is 1.60 bits per heavy atom. The number of benzene rings is 8. The minimum atomic E-state index is 0.661. The molecule has 0 saturated heterocycles. The number of thiophene rings is 1. The fourth-order valence-corrected chi connectivity index (χ4v) is 8.47. The summed E-state index contributed by atoms with van der Waals surface area (Å²) in [7, 11) is 0. The van der Waals surface area contributed by atoms with Crippen molar-refractivity contribution in [1.82, 2.24) is 15.0 Å². The van der Waals surface area contributed by atoms with E-state index in [2.05, 4.69) is 115 Å². The predicted molar refractivity (Wildman–Crippen MR) is 199 cm³/mol. The summed E-state index contributed by atoms with van der Waals surface area (Å²) in [5.41, 5.74) is 2.94. The Hall–Kier alpha value is -5.97. The van der Waals surface area contributed by atoms with Crippen LogP contribution in [0.3, 0.4) is 0 Å². The van der Waals surface area contributed by atoms with Crippen LogP contribution in [0, 0.1) is 0 Å². The van der Waals surface area contributed by atoms with Crippen molar-refractivity contribution in [3.05, 3.63) is 152 Å². The van der Waals surface area contributed by atoms with Crippen molar-refractivity contribution >= 4 is 74.6 Å². The molecular weight excluding hydrogens is 591 g/mol. The van der Waals surface area contributed by atoms with Crippen molar-refractivity contribution in [3.8, 4) is 34.2 Å². The van der Waals surface area contributed by atoms with Gasteiger partial charge in [0.25, 0.3) is 0 Å². The lowest BCUT2D eigenvalue weighted by Gasteiger charge is -2.17. The van der Waals surface area contributed by atoms with Crippen LogP contribution in [0.2, 0.25) is 0 Å². The lowest BCUT2D eigenvalue weighted by atomic mass is 9.88. The molecule has 0 radical (unpaired) electrons. The molecule has 0 atom stereocenters. The molecule has 0 fully saturated rings. The smallest absolute Gasteiger partial charge is 0.164 e. The molecule has 4 heteroatoms. The topological polar surface area (TPSA) is 38.7 Å². The summed E-state index contributed by atoms with van der Waals surface area (Å²) in [5, 5.41) is 12.4. The van der Waals surface area contributed by atoms with Gasteiger partial charge in [-0.1, -0.05) is 140 Å². The Labute approximate surface area is 274 Å². The third kappa shape index (κ3) is 4.02. The van der Waals surface area contributed by atoms with Gasteiger partial charge in [0.15, 0.2) is 17.5 Å². The number of aromatic nitrogens is 3. The molecule has 0 bridgehead atoms. The van der Waals surface area contributed by atoms with Crippen molar-refractivity contribution in [2.45, 2.75) is 0 Å². The summed E-state index contributed by atoms with van der Waals surface area (Å²) in [5.74, 6) is 1.99. The van der Waals surface area contributed by atoms with Crippen LogP contribution < -0.4 is 0 Å². The molecule has 0 aliphatic rings. The molecule has 218 valence electrons. The van der Waals surface area contributed by atoms with Crippen molar-refractivity contribution in [1.29, 1.82) is 0 Å². The van der Waals surface area contributed by atoms with Gasteiger partial charge in [-0.25, -0.2) is 15.0 Å². The van der Waals surface area contributed by atoms with Crippen molar-refractivity contribution in [2.24, 2.45) is 0 Å². The highest BCUT2D eigenvalue weighted by Crippen LogP contribution is 2.49. The first-order valence-corrected chi connectivity index (χ1v) is 16.6. The molecule has 8 aromatic carbocycles. The van der Waals surface area contributed by atoms with E-state index in [4.69, 9.17) is 15.0 Å². The molecule has 0 amide bonds. The second-order valence-electron chi connectivity index (χ2n) is 11.9. The molecule has 3 nitrogen and oxygen atoms in total. The molecule has 0 spiro atoms. The molecule has 2 heterocycles. The van der Waals surface area contributed by atoms with Crippen LogP contribution in [0.15, 0.2) is 152 Å². The Balaban J connectivity index is 1.45. The molecule has 10 aromatic rings. The van der Waals surface area contributed by atoms with Gasteiger partial charge in [0, 0.05) is 42.2 Å². The number of hydrogen-bond donors (Lipinski definition) is 0. The van der Waals surface area contributed by atoms with Gasteiger partial charge in [0.2, 0.25) is 0 Å². The summed E-state index contributed by atoms with van der Waals surface area (Å²) in [6, 6.07) is 53.6. The van der Waals surface area contributed by atoms with E-state index in [0.717, 1.165) is 16.7 Å². The van der Waals surface area contributed by atoms with E-state index in [9.17, 15) is 0 Å². The zero-order valence-electron chi connectivity index (χ0n) is 25.2. The van der Waals surface area contributed by atoms with Gasteiger partial charge >= 0.3 is 0 Å². The lowest BCUT2D eigenvalue weighted by Crippen LogP contribution is -2.01. The third-order valence-corrected chi connectivity index (χ3v) is 10.5. The molecule has 0 N–H and O–H groups in total. The van der Waals surface area contributed by atoms with E-state index in [-0.39, 0.29) is 0 Å². The van der Waals surface area contributed by atoms with Crippen molar-refractivity contribution < 1.29 is 0 Å². The largest absolute Gasteiger partial charge is 0.208 e. The van der Waals surface area contributed by atoms with E-state index < -0.39 is 0 Å². The summed E-state index contributed by atoms with van der Waals surface area (Å²) in [6.45, 7) is 0. The van der Waals surface area contributed by atoms with E-state index in [0.29, 0.717) is 17.5 Å². The summed E-state index contributed by atoms with van der Waals surface area (Å²) in [6.07, 6.45) is 0. The van der Waals surface area contributed by atoms with E-state index >= 15 is 0 Å². The highest BCUT2D eigenvalue weighted by atomic mass is 32.1. The first kappa shape index (κ1) is 26.3. The number of rotatable bonds is 3. The van der Waals surface area contributed by atoms with Gasteiger partial charge in [0.1, 0.15) is 0 Å². The summed E-state index contributed by atoms with van der Waals surface area (Å²) >= 11 is 1.86. The SMILES string of the molecule is c1ccc(-c2nc(-c3ccccc3)nc(-c3cc4c5ccccc5ccc4c4c5ccccc5c5c6ccccc6sc5c34)n2)cc1. The highest BCUT2D eigenvalue weighted by Gasteiger charge is 2.22. The second-order valence-corrected chi connectivity index (χ2v) is 13.0. The number of fused-ring (bicyclic) bond motifs is 12. The number of hydrogen-bond acceptors (Lipinski definition) is 4. The van der Waals surface area contributed by atoms with Gasteiger partial charge in [-0.05, 0) is 49.8 Å². The molecule has 0 aliphatic carbocycles. The average molecular weight is 616 g/mol. The van der Waals surface area contributed by atoms with Crippen LogP contribution >= 0.6 is 11.3 Å². The van der Waals surface area contributed by atoms with E-state index in [1.165, 1.54) is 63.3 Å². The summed E-state index contributed by atoms with van der Waals surface area (Å²) in [4.78, 5) is 15.5. The Morgan fingerprint density at radius 1 is 0.362 bits per heavy atom. The van der Waals surface area contributed by atoms with Gasteiger partial charge in [-0.3, -0.25) is 0 Å². The predicted octanol–water partition coefficient (Wildman–Crippen LogP) is 11.9. The van der Waals surface area contributed by atoms with Crippen LogP contribution in [0.4, 0.5) is 0 Å². The Morgan fingerprint density at radius 2 is 0.894 bits per heavy atom. The van der Waals surface area contributed by atoms with Crippen LogP contribution in [0.1, 0.15) is 0 Å². The zero-order chi connectivity index (χ0) is 30.9. The molecule has 0 saturated carbocycles. The fraction of sp³-hybridized carbons (Fsp3) is 0. The quantitative estimate of drug-likeness (QED) is 0.186. The van der Waals surface area contributed by atoms with Crippen LogP contribution in [0.5, 0.6) is 0 Å². The number of nitrogens with zero attached hydrogens (tertiary/aromatic N) is 3. The third-order valence-electron chi connectivity index (χ3n) is 9.28. The molecule has 0 unspecified atom stereocenters. The molecule has 0 aliphatic heterocycles. The minimum absolute atomic E-state index is 0.661. The zero-order valence-corrected chi connectivity index (χ0v) is 26.0. The maximum atomic E-state index is 5.26. The normalized spacial score (nSPS) is 11.8. The molecule has 10 rings (SSSR count). The lowest BCUT2D eigenvalue weighted by molar-refractivity contribution is 1.08. The van der Waals surface area contributed by atoms with Gasteiger partial charge in [0.05, 0.1) is 0 Å². The Bertz CT molecular complexity index is 2780. The van der Waals surface area contributed by atoms with E-state index in [1.54, 1.807) is 0 Å². The molecular formula is C43H25N3S. The Kier molecular flexibility index (Phi) is 5.74. The highest BCUT2D eigenvalue weighted by molar-refractivity contribution is 7.27. The maximum absolute atomic E-state index is 5.26. The first-order valence-electron chi connectivity index (χ1n) is 15.8.